The van der Waals surface area contributed by atoms with Gasteiger partial charge in [0.2, 0.25) is 0 Å². The number of esters is 2. The number of aromatic carboxylic acids is 1. The molecule has 2 aromatic heterocycles. The van der Waals surface area contributed by atoms with E-state index in [1.54, 1.807) is 85.5 Å². The number of halogens is 2. The van der Waals surface area contributed by atoms with E-state index in [-0.39, 0.29) is 22.6 Å². The fraction of sp³-hybridized carbons (Fsp3) is 0.481. The minimum absolute atomic E-state index is 0.157. The molecule has 0 aliphatic heterocycles. The molecule has 490 valence electrons. The van der Waals surface area contributed by atoms with Gasteiger partial charge in [-0.15, -0.1) is 0 Å². The Morgan fingerprint density at radius 1 is 0.330 bits per heavy atom. The highest BCUT2D eigenvalue weighted by molar-refractivity contribution is 5.92. The van der Waals surface area contributed by atoms with Crippen molar-refractivity contribution in [3.05, 3.63) is 190 Å². The first-order chi connectivity index (χ1) is 44.4. The second-order valence-electron chi connectivity index (χ2n) is 24.2. The lowest BCUT2D eigenvalue weighted by molar-refractivity contribution is 0.0692. The molecule has 0 unspecified atom stereocenters. The topological polar surface area (TPSA) is 141 Å². The summed E-state index contributed by atoms with van der Waals surface area (Å²) in [5.74, 6) is -1.94. The zero-order chi connectivity index (χ0) is 65.1. The molecule has 0 amide bonds. The van der Waals surface area contributed by atoms with Crippen LogP contribution < -0.4 is 9.47 Å². The molecule has 0 bridgehead atoms. The summed E-state index contributed by atoms with van der Waals surface area (Å²) in [7, 11) is 0. The molecule has 2 heterocycles. The molecule has 1 N–H and O–H groups in total. The highest BCUT2D eigenvalue weighted by atomic mass is 19.1. The summed E-state index contributed by atoms with van der Waals surface area (Å²) in [6.07, 6.45) is 47.2. The summed E-state index contributed by atoms with van der Waals surface area (Å²) < 4.78 is 40.4. The average Bonchev–Trinajstić information content (AvgIpc) is 3.75. The maximum Gasteiger partial charge on any atom is 0.343 e. The summed E-state index contributed by atoms with van der Waals surface area (Å²) in [5, 5.41) is 8.79. The maximum atomic E-state index is 14.8. The number of hydrogen-bond acceptors (Lipinski definition) is 9. The molecule has 0 aliphatic rings. The molecule has 0 saturated heterocycles. The van der Waals surface area contributed by atoms with Crippen molar-refractivity contribution in [1.82, 2.24) is 19.9 Å². The van der Waals surface area contributed by atoms with Gasteiger partial charge in [0.25, 0.3) is 0 Å². The van der Waals surface area contributed by atoms with Crippen LogP contribution in [0.15, 0.2) is 134 Å². The van der Waals surface area contributed by atoms with Gasteiger partial charge in [-0.05, 0) is 153 Å². The van der Waals surface area contributed by atoms with E-state index in [9.17, 15) is 23.2 Å². The molecule has 7 aromatic rings. The van der Waals surface area contributed by atoms with E-state index < -0.39 is 29.5 Å². The standard InChI is InChI=1S/C32H41FN2O2.C31H39FN2O2.C16H24O2/c1-3-5-7-9-10-11-13-14-25-16-18-27(19-17-25)32(36)37-28-20-21-29(30(33)22-28)31-34-23-26(24-35-31)15-12-8-6-4-2;1-3-5-7-8-9-10-12-13-24-15-17-26(18-16-24)31(35)36-27-19-20-28(29(32)21-27)30-33-22-25(23-34-30)14-11-6-4-2;1-2-3-4-5-6-7-8-9-14-10-12-15(13-11-14)16(17)18/h16-24H,3-15H2,1-2H3;15-23H,3-14H2,1-2H3;10-13H,2-9H2,1H3,(H,17,18). The lowest BCUT2D eigenvalue weighted by Crippen LogP contribution is -2.09. The third-order valence-electron chi connectivity index (χ3n) is 16.4. The maximum absolute atomic E-state index is 14.8. The molecule has 7 rings (SSSR count). The van der Waals surface area contributed by atoms with E-state index in [2.05, 4.69) is 54.6 Å². The van der Waals surface area contributed by atoms with Gasteiger partial charge in [0, 0.05) is 36.9 Å². The molecule has 0 radical (unpaired) electrons. The van der Waals surface area contributed by atoms with Crippen LogP contribution >= 0.6 is 0 Å². The fourth-order valence-corrected chi connectivity index (χ4v) is 10.7. The van der Waals surface area contributed by atoms with Crippen LogP contribution in [0.2, 0.25) is 0 Å². The van der Waals surface area contributed by atoms with Crippen molar-refractivity contribution in [1.29, 1.82) is 0 Å². The van der Waals surface area contributed by atoms with E-state index in [1.807, 2.05) is 36.4 Å². The summed E-state index contributed by atoms with van der Waals surface area (Å²) in [6, 6.07) is 30.9. The van der Waals surface area contributed by atoms with Crippen molar-refractivity contribution in [3.63, 3.8) is 0 Å². The van der Waals surface area contributed by atoms with Crippen molar-refractivity contribution < 1.29 is 37.7 Å². The molecule has 0 fully saturated rings. The number of unbranched alkanes of at least 4 members (excludes halogenated alkanes) is 23. The zero-order valence-corrected chi connectivity index (χ0v) is 55.6. The zero-order valence-electron chi connectivity index (χ0n) is 55.6. The van der Waals surface area contributed by atoms with Crippen LogP contribution in [-0.2, 0) is 32.1 Å². The third-order valence-corrected chi connectivity index (χ3v) is 16.4. The van der Waals surface area contributed by atoms with Gasteiger partial charge in [-0.3, -0.25) is 0 Å². The molecule has 91 heavy (non-hydrogen) atoms. The molecule has 0 aliphatic carbocycles. The molecule has 5 aromatic carbocycles. The summed E-state index contributed by atoms with van der Waals surface area (Å²) >= 11 is 0. The van der Waals surface area contributed by atoms with E-state index in [1.165, 1.54) is 177 Å². The number of carboxylic acid groups (broad SMARTS) is 1. The van der Waals surface area contributed by atoms with E-state index in [0.717, 1.165) is 75.3 Å². The van der Waals surface area contributed by atoms with Crippen molar-refractivity contribution in [2.75, 3.05) is 0 Å². The monoisotopic (exact) mass is 1240 g/mol. The number of aryl methyl sites for hydroxylation is 5. The number of hydrogen-bond donors (Lipinski definition) is 1. The Kier molecular flexibility index (Phi) is 36.6. The first-order valence-corrected chi connectivity index (χ1v) is 34.6. The third kappa shape index (κ3) is 29.6. The second-order valence-corrected chi connectivity index (χ2v) is 24.2. The molecule has 0 atom stereocenters. The number of carbonyl (C=O) groups excluding carboxylic acids is 2. The van der Waals surface area contributed by atoms with E-state index in [4.69, 9.17) is 14.6 Å². The van der Waals surface area contributed by atoms with Crippen LogP contribution in [0.5, 0.6) is 11.5 Å². The first-order valence-electron chi connectivity index (χ1n) is 34.6. The summed E-state index contributed by atoms with van der Waals surface area (Å²) in [5.41, 5.74) is 7.61. The number of ether oxygens (including phenoxy) is 2. The SMILES string of the molecule is CCCCCCCCCc1ccc(C(=O)O)cc1.CCCCCCCCCc1ccc(C(=O)Oc2ccc(-c3ncc(CCCCC)cn3)c(F)c2)cc1.CCCCCCCCCc1ccc(C(=O)Oc2ccc(-c3ncc(CCCCCC)cn3)c(F)c2)cc1. The van der Waals surface area contributed by atoms with Crippen LogP contribution in [0.25, 0.3) is 22.8 Å². The molecule has 0 spiro atoms. The fourth-order valence-electron chi connectivity index (χ4n) is 10.7. The van der Waals surface area contributed by atoms with Crippen molar-refractivity contribution in [2.45, 2.75) is 247 Å². The number of nitrogens with zero attached hydrogens (tertiary/aromatic N) is 4. The quantitative estimate of drug-likeness (QED) is 0.0224. The normalized spacial score (nSPS) is 10.9. The van der Waals surface area contributed by atoms with Crippen LogP contribution in [0, 0.1) is 11.6 Å². The summed E-state index contributed by atoms with van der Waals surface area (Å²) in [4.78, 5) is 53.1. The lowest BCUT2D eigenvalue weighted by atomic mass is 10.0. The van der Waals surface area contributed by atoms with Crippen LogP contribution in [0.3, 0.4) is 0 Å². The predicted octanol–water partition coefficient (Wildman–Crippen LogP) is 22.1. The summed E-state index contributed by atoms with van der Waals surface area (Å²) in [6.45, 7) is 11.1. The highest BCUT2D eigenvalue weighted by Crippen LogP contribution is 2.27. The molecular formula is C79H104F2N4O6. The predicted molar refractivity (Wildman–Crippen MR) is 367 cm³/mol. The Hall–Kier alpha value is -7.47. The minimum atomic E-state index is -0.850. The number of rotatable bonds is 40. The number of benzene rings is 5. The number of carboxylic acids is 1. The van der Waals surface area contributed by atoms with Gasteiger partial charge >= 0.3 is 17.9 Å². The van der Waals surface area contributed by atoms with Gasteiger partial charge in [0.05, 0.1) is 27.8 Å². The lowest BCUT2D eigenvalue weighted by Gasteiger charge is -2.08. The Morgan fingerprint density at radius 3 is 0.879 bits per heavy atom. The van der Waals surface area contributed by atoms with Crippen LogP contribution in [-0.4, -0.2) is 43.0 Å². The molecule has 10 nitrogen and oxygen atoms in total. The van der Waals surface area contributed by atoms with Crippen molar-refractivity contribution in [2.24, 2.45) is 0 Å². The minimum Gasteiger partial charge on any atom is -0.478 e. The smallest absolute Gasteiger partial charge is 0.343 e. The average molecular weight is 1240 g/mol. The Bertz CT molecular complexity index is 3120. The number of carbonyl (C=O) groups is 3. The Labute approximate surface area is 543 Å². The Balaban J connectivity index is 0.000000263. The van der Waals surface area contributed by atoms with Crippen LogP contribution in [0.4, 0.5) is 8.78 Å². The van der Waals surface area contributed by atoms with E-state index in [0.29, 0.717) is 28.3 Å². The van der Waals surface area contributed by atoms with Gasteiger partial charge in [0.15, 0.2) is 11.6 Å². The van der Waals surface area contributed by atoms with Gasteiger partial charge in [0.1, 0.15) is 23.1 Å². The molecular weight excluding hydrogens is 1140 g/mol. The van der Waals surface area contributed by atoms with Crippen molar-refractivity contribution in [3.8, 4) is 34.3 Å². The first kappa shape index (κ1) is 74.3. The van der Waals surface area contributed by atoms with Crippen molar-refractivity contribution >= 4 is 17.9 Å². The van der Waals surface area contributed by atoms with Crippen LogP contribution in [0.1, 0.15) is 273 Å². The molecule has 12 heteroatoms. The second kappa shape index (κ2) is 44.9. The molecule has 0 saturated carbocycles. The van der Waals surface area contributed by atoms with Gasteiger partial charge in [-0.2, -0.15) is 0 Å². The number of aromatic nitrogens is 4. The van der Waals surface area contributed by atoms with Gasteiger partial charge < -0.3 is 14.6 Å². The van der Waals surface area contributed by atoms with Gasteiger partial charge in [-0.1, -0.05) is 219 Å². The Morgan fingerprint density at radius 2 is 0.582 bits per heavy atom. The van der Waals surface area contributed by atoms with Gasteiger partial charge in [-0.25, -0.2) is 43.1 Å². The highest BCUT2D eigenvalue weighted by Gasteiger charge is 2.16. The largest absolute Gasteiger partial charge is 0.478 e. The van der Waals surface area contributed by atoms with E-state index >= 15 is 0 Å².